The smallest absolute Gasteiger partial charge is 0.222 e. The number of rotatable bonds is 7. The molecular weight excluding hydrogens is 382 g/mol. The number of ether oxygens (including phenoxy) is 1. The summed E-state index contributed by atoms with van der Waals surface area (Å²) in [4.78, 5) is 14.5. The highest BCUT2D eigenvalue weighted by Gasteiger charge is 2.61. The van der Waals surface area contributed by atoms with Crippen molar-refractivity contribution >= 4 is 5.91 Å². The fourth-order valence-electron chi connectivity index (χ4n) is 9.08. The molecule has 3 saturated carbocycles. The first-order chi connectivity index (χ1) is 14.7. The molecule has 0 radical (unpaired) electrons. The van der Waals surface area contributed by atoms with Gasteiger partial charge in [-0.05, 0) is 105 Å². The van der Waals surface area contributed by atoms with Crippen LogP contribution in [0.4, 0.5) is 0 Å². The van der Waals surface area contributed by atoms with E-state index < -0.39 is 0 Å². The van der Waals surface area contributed by atoms with Crippen molar-refractivity contribution in [3.8, 4) is 0 Å². The summed E-state index contributed by atoms with van der Waals surface area (Å²) in [5.74, 6) is 4.66. The predicted molar refractivity (Wildman–Crippen MR) is 128 cm³/mol. The van der Waals surface area contributed by atoms with Crippen molar-refractivity contribution in [3.63, 3.8) is 0 Å². The van der Waals surface area contributed by atoms with Crippen molar-refractivity contribution in [2.45, 2.75) is 97.9 Å². The summed E-state index contributed by atoms with van der Waals surface area (Å²) in [6, 6.07) is 0.481. The Morgan fingerprint density at radius 1 is 1.13 bits per heavy atom. The van der Waals surface area contributed by atoms with E-state index in [1.807, 2.05) is 6.92 Å². The molecular formula is C28H47NO2. The molecule has 3 heteroatoms. The quantitative estimate of drug-likeness (QED) is 0.342. The van der Waals surface area contributed by atoms with Crippen LogP contribution >= 0.6 is 0 Å². The van der Waals surface area contributed by atoms with E-state index in [1.54, 1.807) is 0 Å². The number of carbonyl (C=O) groups is 1. The van der Waals surface area contributed by atoms with Crippen LogP contribution in [0, 0.1) is 40.4 Å². The second-order valence-electron chi connectivity index (χ2n) is 12.3. The van der Waals surface area contributed by atoms with E-state index in [1.165, 1.54) is 51.4 Å². The summed E-state index contributed by atoms with van der Waals surface area (Å²) in [6.07, 6.45) is 12.6. The first kappa shape index (κ1) is 23.3. The average Bonchev–Trinajstić information content (AvgIpc) is 3.08. The highest BCUT2D eigenvalue weighted by Crippen LogP contribution is 2.67. The SMILES string of the molecule is C=C(C)COCCC[C@@H](C)[C@H]1CC[C@H]2[C@@H]3CC[C@H]4N(C)C(=O)CC[C@]4(C)[C@H]3CC[C@]12C. The van der Waals surface area contributed by atoms with Gasteiger partial charge in [0.15, 0.2) is 0 Å². The highest BCUT2D eigenvalue weighted by atomic mass is 16.5. The maximum Gasteiger partial charge on any atom is 0.222 e. The molecule has 0 spiro atoms. The number of nitrogens with zero attached hydrogens (tertiary/aromatic N) is 1. The van der Waals surface area contributed by atoms with E-state index in [9.17, 15) is 4.79 Å². The Bertz CT molecular complexity index is 688. The molecule has 0 aromatic heterocycles. The van der Waals surface area contributed by atoms with Crippen LogP contribution in [0.5, 0.6) is 0 Å². The minimum atomic E-state index is 0.344. The standard InChI is InChI=1S/C28H47NO2/c1-19(2)18-31-17-7-8-20(3)22-10-11-23-21-9-12-25-28(5,16-14-26(30)29(25)6)24(21)13-15-27(22,23)4/h20-25H,1,7-18H2,2-6H3/t20-,21+,22-,23+,24+,25-,27-,28-/m1/s1. The fraction of sp³-hybridized carbons (Fsp3) is 0.893. The molecule has 4 rings (SSSR count). The lowest BCUT2D eigenvalue weighted by molar-refractivity contribution is -0.158. The highest BCUT2D eigenvalue weighted by molar-refractivity contribution is 5.77. The van der Waals surface area contributed by atoms with E-state index in [0.29, 0.717) is 29.4 Å². The Labute approximate surface area is 191 Å². The van der Waals surface area contributed by atoms with Crippen LogP contribution in [0.25, 0.3) is 0 Å². The summed E-state index contributed by atoms with van der Waals surface area (Å²) in [6.45, 7) is 15.3. The molecule has 0 unspecified atom stereocenters. The molecule has 1 saturated heterocycles. The Morgan fingerprint density at radius 3 is 2.61 bits per heavy atom. The van der Waals surface area contributed by atoms with E-state index in [4.69, 9.17) is 4.74 Å². The minimum Gasteiger partial charge on any atom is -0.377 e. The Hall–Kier alpha value is -0.830. The van der Waals surface area contributed by atoms with Gasteiger partial charge in [0.2, 0.25) is 5.91 Å². The number of likely N-dealkylation sites (tertiary alicyclic amines) is 1. The first-order valence-corrected chi connectivity index (χ1v) is 13.2. The summed E-state index contributed by atoms with van der Waals surface area (Å²) >= 11 is 0. The first-order valence-electron chi connectivity index (χ1n) is 13.2. The van der Waals surface area contributed by atoms with E-state index in [2.05, 4.69) is 39.3 Å². The molecule has 3 nitrogen and oxygen atoms in total. The van der Waals surface area contributed by atoms with Crippen LogP contribution in [0.1, 0.15) is 91.9 Å². The van der Waals surface area contributed by atoms with Gasteiger partial charge in [-0.15, -0.1) is 0 Å². The van der Waals surface area contributed by atoms with Gasteiger partial charge < -0.3 is 9.64 Å². The lowest BCUT2D eigenvalue weighted by atomic mass is 9.46. The summed E-state index contributed by atoms with van der Waals surface area (Å²) in [5, 5.41) is 0. The molecule has 3 aliphatic carbocycles. The van der Waals surface area contributed by atoms with Crippen LogP contribution in [0.2, 0.25) is 0 Å². The van der Waals surface area contributed by atoms with Crippen molar-refractivity contribution < 1.29 is 9.53 Å². The molecule has 4 fully saturated rings. The zero-order valence-corrected chi connectivity index (χ0v) is 20.9. The van der Waals surface area contributed by atoms with Crippen molar-refractivity contribution in [2.24, 2.45) is 40.4 Å². The summed E-state index contributed by atoms with van der Waals surface area (Å²) in [5.41, 5.74) is 1.99. The van der Waals surface area contributed by atoms with Gasteiger partial charge in [0, 0.05) is 26.1 Å². The topological polar surface area (TPSA) is 29.5 Å². The Morgan fingerprint density at radius 2 is 1.87 bits per heavy atom. The molecule has 0 aromatic carbocycles. The van der Waals surface area contributed by atoms with E-state index in [-0.39, 0.29) is 0 Å². The normalized spacial score (nSPS) is 43.2. The molecule has 1 aliphatic heterocycles. The van der Waals surface area contributed by atoms with Gasteiger partial charge in [-0.2, -0.15) is 0 Å². The number of piperidine rings is 1. The summed E-state index contributed by atoms with van der Waals surface area (Å²) < 4.78 is 5.76. The maximum absolute atomic E-state index is 12.4. The minimum absolute atomic E-state index is 0.344. The molecule has 4 aliphatic rings. The van der Waals surface area contributed by atoms with Gasteiger partial charge in [0.25, 0.3) is 0 Å². The number of hydrogen-bond donors (Lipinski definition) is 0. The number of fused-ring (bicyclic) bond motifs is 5. The van der Waals surface area contributed by atoms with Gasteiger partial charge in [-0.1, -0.05) is 32.9 Å². The van der Waals surface area contributed by atoms with Gasteiger partial charge in [0.1, 0.15) is 0 Å². The lowest BCUT2D eigenvalue weighted by Gasteiger charge is -2.62. The third kappa shape index (κ3) is 4.02. The molecule has 0 bridgehead atoms. The Kier molecular flexibility index (Phi) is 6.65. The second-order valence-corrected chi connectivity index (χ2v) is 12.3. The van der Waals surface area contributed by atoms with Gasteiger partial charge in [-0.3, -0.25) is 4.79 Å². The average molecular weight is 430 g/mol. The number of carbonyl (C=O) groups excluding carboxylic acids is 1. The summed E-state index contributed by atoms with van der Waals surface area (Å²) in [7, 11) is 2.07. The van der Waals surface area contributed by atoms with Crippen molar-refractivity contribution in [2.75, 3.05) is 20.3 Å². The van der Waals surface area contributed by atoms with Gasteiger partial charge >= 0.3 is 0 Å². The molecule has 0 N–H and O–H groups in total. The van der Waals surface area contributed by atoms with E-state index >= 15 is 0 Å². The number of hydrogen-bond acceptors (Lipinski definition) is 2. The molecule has 31 heavy (non-hydrogen) atoms. The third-order valence-electron chi connectivity index (χ3n) is 10.6. The molecule has 1 amide bonds. The van der Waals surface area contributed by atoms with Crippen LogP contribution in [-0.2, 0) is 9.53 Å². The zero-order valence-electron chi connectivity index (χ0n) is 20.9. The van der Waals surface area contributed by atoms with Crippen molar-refractivity contribution in [1.29, 1.82) is 0 Å². The van der Waals surface area contributed by atoms with Crippen LogP contribution in [0.15, 0.2) is 12.2 Å². The van der Waals surface area contributed by atoms with E-state index in [0.717, 1.165) is 54.6 Å². The molecule has 8 atom stereocenters. The van der Waals surface area contributed by atoms with Crippen LogP contribution < -0.4 is 0 Å². The van der Waals surface area contributed by atoms with Gasteiger partial charge in [0.05, 0.1) is 6.61 Å². The predicted octanol–water partition coefficient (Wildman–Crippen LogP) is 6.48. The number of amides is 1. The van der Waals surface area contributed by atoms with Crippen LogP contribution in [0.3, 0.4) is 0 Å². The molecule has 1 heterocycles. The third-order valence-corrected chi connectivity index (χ3v) is 10.6. The maximum atomic E-state index is 12.4. The van der Waals surface area contributed by atoms with Crippen molar-refractivity contribution in [1.82, 2.24) is 4.90 Å². The van der Waals surface area contributed by atoms with Crippen molar-refractivity contribution in [3.05, 3.63) is 12.2 Å². The van der Waals surface area contributed by atoms with Crippen LogP contribution in [-0.4, -0.2) is 37.1 Å². The lowest BCUT2D eigenvalue weighted by Crippen LogP contribution is -2.61. The molecule has 0 aromatic rings. The van der Waals surface area contributed by atoms with Gasteiger partial charge in [-0.25, -0.2) is 0 Å². The Balaban J connectivity index is 1.41. The second kappa shape index (κ2) is 8.84. The largest absolute Gasteiger partial charge is 0.377 e. The zero-order chi connectivity index (χ0) is 22.4. The molecule has 176 valence electrons. The fourth-order valence-corrected chi connectivity index (χ4v) is 9.08. The monoisotopic (exact) mass is 429 g/mol.